The van der Waals surface area contributed by atoms with Crippen LogP contribution in [0, 0.1) is 6.92 Å². The third-order valence-corrected chi connectivity index (χ3v) is 2.64. The lowest BCUT2D eigenvalue weighted by molar-refractivity contribution is 0.262. The van der Waals surface area contributed by atoms with Gasteiger partial charge < -0.3 is 15.7 Å². The van der Waals surface area contributed by atoms with Crippen molar-refractivity contribution in [1.29, 1.82) is 0 Å². The maximum absolute atomic E-state index is 11.8. The van der Waals surface area contributed by atoms with Crippen LogP contribution in [-0.2, 0) is 6.61 Å². The van der Waals surface area contributed by atoms with Gasteiger partial charge in [-0.05, 0) is 42.3 Å². The molecule has 2 aromatic rings. The fourth-order valence-electron chi connectivity index (χ4n) is 1.76. The van der Waals surface area contributed by atoms with E-state index in [-0.39, 0.29) is 12.6 Å². The monoisotopic (exact) mass is 256 g/mol. The normalized spacial score (nSPS) is 10.0. The van der Waals surface area contributed by atoms with Gasteiger partial charge in [-0.15, -0.1) is 0 Å². The molecule has 19 heavy (non-hydrogen) atoms. The number of carbonyl (C=O) groups is 1. The van der Waals surface area contributed by atoms with Crippen molar-refractivity contribution in [2.45, 2.75) is 13.5 Å². The molecule has 0 aliphatic carbocycles. The van der Waals surface area contributed by atoms with Crippen LogP contribution >= 0.6 is 0 Å². The Hall–Kier alpha value is -2.33. The zero-order valence-corrected chi connectivity index (χ0v) is 10.7. The number of hydrogen-bond donors (Lipinski definition) is 3. The van der Waals surface area contributed by atoms with Gasteiger partial charge >= 0.3 is 6.03 Å². The van der Waals surface area contributed by atoms with Gasteiger partial charge in [0.15, 0.2) is 0 Å². The Bertz CT molecular complexity index is 582. The van der Waals surface area contributed by atoms with Crippen molar-refractivity contribution < 1.29 is 9.90 Å². The molecule has 0 saturated carbocycles. The number of anilines is 2. The zero-order chi connectivity index (χ0) is 13.7. The van der Waals surface area contributed by atoms with E-state index in [0.717, 1.165) is 16.8 Å². The summed E-state index contributed by atoms with van der Waals surface area (Å²) >= 11 is 0. The molecule has 0 aromatic heterocycles. The first-order valence-electron chi connectivity index (χ1n) is 6.02. The summed E-state index contributed by atoms with van der Waals surface area (Å²) in [6.07, 6.45) is 0. The lowest BCUT2D eigenvalue weighted by atomic mass is 10.2. The van der Waals surface area contributed by atoms with Crippen LogP contribution in [0.1, 0.15) is 11.1 Å². The number of amides is 2. The molecule has 2 aromatic carbocycles. The smallest absolute Gasteiger partial charge is 0.323 e. The van der Waals surface area contributed by atoms with E-state index in [2.05, 4.69) is 10.6 Å². The second-order valence-electron chi connectivity index (χ2n) is 4.31. The quantitative estimate of drug-likeness (QED) is 0.790. The molecule has 98 valence electrons. The Labute approximate surface area is 112 Å². The fourth-order valence-corrected chi connectivity index (χ4v) is 1.76. The molecule has 0 saturated heterocycles. The third kappa shape index (κ3) is 3.82. The summed E-state index contributed by atoms with van der Waals surface area (Å²) in [6, 6.07) is 14.4. The van der Waals surface area contributed by atoms with Crippen molar-refractivity contribution in [1.82, 2.24) is 0 Å². The summed E-state index contributed by atoms with van der Waals surface area (Å²) < 4.78 is 0. The summed E-state index contributed by atoms with van der Waals surface area (Å²) in [5.74, 6) is 0. The average molecular weight is 256 g/mol. The third-order valence-electron chi connectivity index (χ3n) is 2.64. The van der Waals surface area contributed by atoms with E-state index in [4.69, 9.17) is 5.11 Å². The topological polar surface area (TPSA) is 61.4 Å². The number of aliphatic hydroxyl groups excluding tert-OH is 1. The van der Waals surface area contributed by atoms with Crippen LogP contribution in [0.2, 0.25) is 0 Å². The Morgan fingerprint density at radius 2 is 1.68 bits per heavy atom. The van der Waals surface area contributed by atoms with Crippen molar-refractivity contribution in [3.8, 4) is 0 Å². The maximum atomic E-state index is 11.8. The summed E-state index contributed by atoms with van der Waals surface area (Å²) in [5.41, 5.74) is 3.24. The molecule has 0 atom stereocenters. The minimum absolute atomic E-state index is 0.0466. The fraction of sp³-hybridized carbons (Fsp3) is 0.133. The van der Waals surface area contributed by atoms with E-state index >= 15 is 0 Å². The minimum Gasteiger partial charge on any atom is -0.392 e. The van der Waals surface area contributed by atoms with Crippen molar-refractivity contribution in [3.63, 3.8) is 0 Å². The van der Waals surface area contributed by atoms with Gasteiger partial charge in [-0.3, -0.25) is 0 Å². The van der Waals surface area contributed by atoms with E-state index in [9.17, 15) is 4.79 Å². The lowest BCUT2D eigenvalue weighted by Crippen LogP contribution is -2.19. The van der Waals surface area contributed by atoms with Crippen molar-refractivity contribution in [3.05, 3.63) is 59.7 Å². The van der Waals surface area contributed by atoms with Gasteiger partial charge in [-0.1, -0.05) is 24.3 Å². The van der Waals surface area contributed by atoms with Gasteiger partial charge in [-0.25, -0.2) is 4.79 Å². The summed E-state index contributed by atoms with van der Waals surface area (Å²) in [7, 11) is 0. The number of rotatable bonds is 3. The molecule has 0 spiro atoms. The Morgan fingerprint density at radius 3 is 2.32 bits per heavy atom. The van der Waals surface area contributed by atoms with E-state index in [1.165, 1.54) is 0 Å². The molecule has 4 heteroatoms. The van der Waals surface area contributed by atoms with Crippen LogP contribution in [0.4, 0.5) is 16.2 Å². The van der Waals surface area contributed by atoms with Crippen LogP contribution in [0.15, 0.2) is 48.5 Å². The Kier molecular flexibility index (Phi) is 4.15. The summed E-state index contributed by atoms with van der Waals surface area (Å²) in [5, 5.41) is 14.5. The highest BCUT2D eigenvalue weighted by atomic mass is 16.3. The molecular weight excluding hydrogens is 240 g/mol. The van der Waals surface area contributed by atoms with Gasteiger partial charge in [0.05, 0.1) is 6.61 Å². The highest BCUT2D eigenvalue weighted by molar-refractivity contribution is 5.99. The molecular formula is C15H16N2O2. The number of benzene rings is 2. The van der Waals surface area contributed by atoms with E-state index < -0.39 is 0 Å². The molecule has 3 N–H and O–H groups in total. The number of aryl methyl sites for hydroxylation is 1. The molecule has 0 aliphatic heterocycles. The second kappa shape index (κ2) is 6.02. The van der Waals surface area contributed by atoms with Gasteiger partial charge in [0.25, 0.3) is 0 Å². The number of urea groups is 1. The second-order valence-corrected chi connectivity index (χ2v) is 4.31. The molecule has 0 aliphatic rings. The van der Waals surface area contributed by atoms with Crippen molar-refractivity contribution in [2.24, 2.45) is 0 Å². The summed E-state index contributed by atoms with van der Waals surface area (Å²) in [6.45, 7) is 1.92. The standard InChI is InChI=1S/C15H16N2O2/c1-11-4-2-6-13(8-11)16-15(19)17-14-7-3-5-12(9-14)10-18/h2-9,18H,10H2,1H3,(H2,16,17,19). The zero-order valence-electron chi connectivity index (χ0n) is 10.7. The molecule has 0 radical (unpaired) electrons. The molecule has 4 nitrogen and oxygen atoms in total. The number of aliphatic hydroxyl groups is 1. The van der Waals surface area contributed by atoms with Crippen LogP contribution in [0.3, 0.4) is 0 Å². The molecule has 2 rings (SSSR count). The summed E-state index contributed by atoms with van der Waals surface area (Å²) in [4.78, 5) is 11.8. The average Bonchev–Trinajstić information content (AvgIpc) is 2.38. The van der Waals surface area contributed by atoms with Gasteiger partial charge in [-0.2, -0.15) is 0 Å². The van der Waals surface area contributed by atoms with Crippen LogP contribution in [0.5, 0.6) is 0 Å². The number of hydrogen-bond acceptors (Lipinski definition) is 2. The van der Waals surface area contributed by atoms with Crippen LogP contribution < -0.4 is 10.6 Å². The first kappa shape index (κ1) is 13.1. The lowest BCUT2D eigenvalue weighted by Gasteiger charge is -2.09. The molecule has 0 fully saturated rings. The van der Waals surface area contributed by atoms with E-state index in [1.54, 1.807) is 24.3 Å². The number of nitrogens with one attached hydrogen (secondary N) is 2. The first-order valence-corrected chi connectivity index (χ1v) is 6.02. The maximum Gasteiger partial charge on any atom is 0.323 e. The highest BCUT2D eigenvalue weighted by Crippen LogP contribution is 2.13. The van der Waals surface area contributed by atoms with Crippen molar-refractivity contribution in [2.75, 3.05) is 10.6 Å². The number of carbonyl (C=O) groups excluding carboxylic acids is 1. The highest BCUT2D eigenvalue weighted by Gasteiger charge is 2.03. The van der Waals surface area contributed by atoms with Crippen molar-refractivity contribution >= 4 is 17.4 Å². The predicted molar refractivity (Wildman–Crippen MR) is 76.2 cm³/mol. The Morgan fingerprint density at radius 1 is 1.05 bits per heavy atom. The van der Waals surface area contributed by atoms with Crippen LogP contribution in [-0.4, -0.2) is 11.1 Å². The molecule has 0 bridgehead atoms. The van der Waals surface area contributed by atoms with Gasteiger partial charge in [0.2, 0.25) is 0 Å². The Balaban J connectivity index is 2.01. The minimum atomic E-state index is -0.305. The molecule has 2 amide bonds. The molecule has 0 heterocycles. The molecule has 0 unspecified atom stereocenters. The first-order chi connectivity index (χ1) is 9.17. The van der Waals surface area contributed by atoms with Crippen LogP contribution in [0.25, 0.3) is 0 Å². The van der Waals surface area contributed by atoms with E-state index in [1.807, 2.05) is 31.2 Å². The largest absolute Gasteiger partial charge is 0.392 e. The van der Waals surface area contributed by atoms with E-state index in [0.29, 0.717) is 5.69 Å². The predicted octanol–water partition coefficient (Wildman–Crippen LogP) is 3.13. The van der Waals surface area contributed by atoms with Gasteiger partial charge in [0, 0.05) is 11.4 Å². The SMILES string of the molecule is Cc1cccc(NC(=O)Nc2cccc(CO)c2)c1. The van der Waals surface area contributed by atoms with Gasteiger partial charge in [0.1, 0.15) is 0 Å².